The third-order valence-electron chi connectivity index (χ3n) is 0.969. The smallest absolute Gasteiger partial charge is 0.311 e. The minimum Gasteiger partial charge on any atom is -0.466 e. The number of alkyl halides is 3. The highest BCUT2D eigenvalue weighted by Crippen LogP contribution is 2.28. The summed E-state index contributed by atoms with van der Waals surface area (Å²) in [5.41, 5.74) is -0.286. The fourth-order valence-corrected chi connectivity index (χ4v) is 0.657. The van der Waals surface area contributed by atoms with E-state index in [-0.39, 0.29) is 18.7 Å². The summed E-state index contributed by atoms with van der Waals surface area (Å²) in [5, 5.41) is 7.15. The van der Waals surface area contributed by atoms with Crippen LogP contribution in [0.5, 0.6) is 0 Å². The Labute approximate surface area is 85.4 Å². The molecule has 12 heavy (non-hydrogen) atoms. The van der Waals surface area contributed by atoms with E-state index in [4.69, 9.17) is 40.2 Å². The van der Waals surface area contributed by atoms with Gasteiger partial charge in [0.05, 0.1) is 18.7 Å². The monoisotopic (exact) mass is 231 g/mol. The Morgan fingerprint density at radius 2 is 2.00 bits per heavy atom. The van der Waals surface area contributed by atoms with E-state index in [2.05, 4.69) is 4.74 Å². The van der Waals surface area contributed by atoms with Crippen LogP contribution in [0, 0.1) is 5.41 Å². The number of nitrogens with one attached hydrogen (secondary N) is 1. The zero-order valence-corrected chi connectivity index (χ0v) is 8.63. The van der Waals surface area contributed by atoms with Crippen molar-refractivity contribution in [1.82, 2.24) is 0 Å². The highest BCUT2D eigenvalue weighted by molar-refractivity contribution is 6.76. The predicted octanol–water partition coefficient (Wildman–Crippen LogP) is 2.33. The van der Waals surface area contributed by atoms with Crippen LogP contribution in [0.25, 0.3) is 0 Å². The van der Waals surface area contributed by atoms with Crippen LogP contribution in [0.3, 0.4) is 0 Å². The normalized spacial score (nSPS) is 11.0. The van der Waals surface area contributed by atoms with Gasteiger partial charge in [-0.05, 0) is 6.92 Å². The van der Waals surface area contributed by atoms with Gasteiger partial charge in [-0.2, -0.15) is 0 Å². The van der Waals surface area contributed by atoms with Gasteiger partial charge in [0.2, 0.25) is 3.79 Å². The van der Waals surface area contributed by atoms with E-state index in [0.717, 1.165) is 0 Å². The molecule has 0 rings (SSSR count). The maximum absolute atomic E-state index is 10.8. The molecule has 0 fully saturated rings. The van der Waals surface area contributed by atoms with Gasteiger partial charge in [-0.15, -0.1) is 0 Å². The zero-order valence-electron chi connectivity index (χ0n) is 6.36. The molecule has 0 radical (unpaired) electrons. The Bertz CT molecular complexity index is 188. The molecule has 6 heteroatoms. The quantitative estimate of drug-likeness (QED) is 0.461. The Balaban J connectivity index is 3.94. The number of halogens is 3. The van der Waals surface area contributed by atoms with Gasteiger partial charge in [0.15, 0.2) is 0 Å². The van der Waals surface area contributed by atoms with Crippen LogP contribution in [0.15, 0.2) is 0 Å². The van der Waals surface area contributed by atoms with Crippen molar-refractivity contribution < 1.29 is 9.53 Å². The van der Waals surface area contributed by atoms with Gasteiger partial charge < -0.3 is 10.1 Å². The first kappa shape index (κ1) is 12.0. The lowest BCUT2D eigenvalue weighted by Crippen LogP contribution is -2.22. The van der Waals surface area contributed by atoms with Crippen molar-refractivity contribution in [1.29, 1.82) is 5.41 Å². The van der Waals surface area contributed by atoms with Gasteiger partial charge in [-0.25, -0.2) is 0 Å². The van der Waals surface area contributed by atoms with Gasteiger partial charge in [-0.3, -0.25) is 4.79 Å². The molecular weight excluding hydrogens is 224 g/mol. The lowest BCUT2D eigenvalue weighted by atomic mass is 10.3. The predicted molar refractivity (Wildman–Crippen MR) is 49.3 cm³/mol. The maximum atomic E-state index is 10.8. The zero-order chi connectivity index (χ0) is 9.78. The molecule has 0 saturated carbocycles. The lowest BCUT2D eigenvalue weighted by Gasteiger charge is -2.11. The van der Waals surface area contributed by atoms with Crippen LogP contribution in [0.1, 0.15) is 13.3 Å². The second-order valence-electron chi connectivity index (χ2n) is 1.96. The fourth-order valence-electron chi connectivity index (χ4n) is 0.457. The first-order chi connectivity index (χ1) is 5.38. The second kappa shape index (κ2) is 4.90. The van der Waals surface area contributed by atoms with E-state index >= 15 is 0 Å². The van der Waals surface area contributed by atoms with Crippen molar-refractivity contribution in [3.8, 4) is 0 Å². The van der Waals surface area contributed by atoms with E-state index in [9.17, 15) is 4.79 Å². The molecule has 0 aliphatic carbocycles. The van der Waals surface area contributed by atoms with Crippen LogP contribution in [-0.4, -0.2) is 22.1 Å². The van der Waals surface area contributed by atoms with E-state index in [1.165, 1.54) is 0 Å². The van der Waals surface area contributed by atoms with Crippen molar-refractivity contribution in [2.75, 3.05) is 6.61 Å². The average molecular weight is 232 g/mol. The summed E-state index contributed by atoms with van der Waals surface area (Å²) in [7, 11) is 0. The van der Waals surface area contributed by atoms with E-state index in [0.29, 0.717) is 0 Å². The summed E-state index contributed by atoms with van der Waals surface area (Å²) in [6.07, 6.45) is -0.287. The molecule has 3 nitrogen and oxygen atoms in total. The molecule has 1 N–H and O–H groups in total. The summed E-state index contributed by atoms with van der Waals surface area (Å²) in [5.74, 6) is -0.561. The number of carbonyl (C=O) groups excluding carboxylic acids is 1. The molecule has 0 atom stereocenters. The molecule has 0 aromatic rings. The number of hydrogen-bond donors (Lipinski definition) is 1. The van der Waals surface area contributed by atoms with Gasteiger partial charge in [0.1, 0.15) is 0 Å². The first-order valence-electron chi connectivity index (χ1n) is 3.18. The third kappa shape index (κ3) is 4.80. The largest absolute Gasteiger partial charge is 0.466 e. The van der Waals surface area contributed by atoms with Gasteiger partial charge >= 0.3 is 5.97 Å². The molecule has 0 heterocycles. The number of esters is 1. The Kier molecular flexibility index (Phi) is 4.90. The molecule has 0 saturated heterocycles. The minimum absolute atomic E-state index is 0.256. The van der Waals surface area contributed by atoms with Crippen LogP contribution in [0.2, 0.25) is 0 Å². The van der Waals surface area contributed by atoms with Crippen molar-refractivity contribution in [3.63, 3.8) is 0 Å². The van der Waals surface area contributed by atoms with Crippen LogP contribution in [-0.2, 0) is 9.53 Å². The van der Waals surface area contributed by atoms with Crippen LogP contribution < -0.4 is 0 Å². The van der Waals surface area contributed by atoms with Gasteiger partial charge in [-0.1, -0.05) is 34.8 Å². The molecule has 0 bridgehead atoms. The van der Waals surface area contributed by atoms with Crippen molar-refractivity contribution in [2.45, 2.75) is 17.1 Å². The number of carbonyl (C=O) groups is 1. The Morgan fingerprint density at radius 3 is 2.33 bits per heavy atom. The van der Waals surface area contributed by atoms with Gasteiger partial charge in [0.25, 0.3) is 0 Å². The molecule has 0 aliphatic rings. The van der Waals surface area contributed by atoms with Crippen LogP contribution in [0.4, 0.5) is 0 Å². The summed E-state index contributed by atoms with van der Waals surface area (Å²) >= 11 is 16.0. The lowest BCUT2D eigenvalue weighted by molar-refractivity contribution is -0.141. The molecule has 0 amide bonds. The Hall–Kier alpha value is 0.01000. The summed E-state index contributed by atoms with van der Waals surface area (Å²) < 4.78 is 2.74. The van der Waals surface area contributed by atoms with Crippen molar-refractivity contribution in [3.05, 3.63) is 0 Å². The minimum atomic E-state index is -1.81. The maximum Gasteiger partial charge on any atom is 0.311 e. The second-order valence-corrected chi connectivity index (χ2v) is 4.24. The van der Waals surface area contributed by atoms with E-state index in [1.807, 2.05) is 0 Å². The topological polar surface area (TPSA) is 50.2 Å². The molecule has 70 valence electrons. The number of hydrogen-bond acceptors (Lipinski definition) is 3. The molecular formula is C6H8Cl3NO2. The summed E-state index contributed by atoms with van der Waals surface area (Å²) in [6, 6.07) is 0. The standard InChI is InChI=1S/C6H8Cl3NO2/c1-2-12-5(11)3-4(10)6(7,8)9/h10H,2-3H2,1H3. The molecule has 0 unspecified atom stereocenters. The molecule has 0 aliphatic heterocycles. The number of rotatable bonds is 3. The number of ether oxygens (including phenoxy) is 1. The highest BCUT2D eigenvalue weighted by Gasteiger charge is 2.28. The molecule has 0 aromatic heterocycles. The van der Waals surface area contributed by atoms with Crippen molar-refractivity contribution >= 4 is 46.5 Å². The summed E-state index contributed by atoms with van der Waals surface area (Å²) in [6.45, 7) is 1.92. The first-order valence-corrected chi connectivity index (χ1v) is 4.31. The van der Waals surface area contributed by atoms with E-state index < -0.39 is 9.76 Å². The fraction of sp³-hybridized carbons (Fsp3) is 0.667. The Morgan fingerprint density at radius 1 is 1.50 bits per heavy atom. The average Bonchev–Trinajstić information content (AvgIpc) is 1.85. The highest BCUT2D eigenvalue weighted by atomic mass is 35.6. The van der Waals surface area contributed by atoms with Crippen LogP contribution >= 0.6 is 34.8 Å². The van der Waals surface area contributed by atoms with Crippen molar-refractivity contribution in [2.24, 2.45) is 0 Å². The molecule has 0 aromatic carbocycles. The third-order valence-corrected chi connectivity index (χ3v) is 1.65. The summed E-state index contributed by atoms with van der Waals surface area (Å²) in [4.78, 5) is 10.8. The molecule has 0 spiro atoms. The van der Waals surface area contributed by atoms with Gasteiger partial charge in [0, 0.05) is 0 Å². The SMILES string of the molecule is CCOC(=O)CC(=N)C(Cl)(Cl)Cl. The van der Waals surface area contributed by atoms with E-state index in [1.54, 1.807) is 6.92 Å².